The second kappa shape index (κ2) is 7.34. The summed E-state index contributed by atoms with van der Waals surface area (Å²) in [5, 5.41) is 0. The number of likely N-dealkylation sites (tertiary alicyclic amines) is 1. The number of ether oxygens (including phenoxy) is 1. The molecule has 3 nitrogen and oxygen atoms in total. The van der Waals surface area contributed by atoms with Gasteiger partial charge in [0.2, 0.25) is 0 Å². The molecule has 0 aromatic heterocycles. The minimum Gasteiger partial charge on any atom is -0.384 e. The molecule has 1 atom stereocenters. The fourth-order valence-corrected chi connectivity index (χ4v) is 3.34. The van der Waals surface area contributed by atoms with Gasteiger partial charge in [-0.3, -0.25) is 4.90 Å². The molecule has 1 saturated heterocycles. The van der Waals surface area contributed by atoms with E-state index in [0.29, 0.717) is 5.92 Å². The van der Waals surface area contributed by atoms with Crippen LogP contribution in [0.25, 0.3) is 0 Å². The molecule has 0 amide bonds. The van der Waals surface area contributed by atoms with Gasteiger partial charge < -0.3 is 10.5 Å². The summed E-state index contributed by atoms with van der Waals surface area (Å²) in [6, 6.07) is 0. The average molecular weight is 242 g/mol. The van der Waals surface area contributed by atoms with Crippen molar-refractivity contribution in [2.24, 2.45) is 11.7 Å². The quantitative estimate of drug-likeness (QED) is 0.709. The molecule has 1 rings (SSSR count). The zero-order valence-electron chi connectivity index (χ0n) is 11.9. The Morgan fingerprint density at radius 2 is 1.94 bits per heavy atom. The highest BCUT2D eigenvalue weighted by Crippen LogP contribution is 2.31. The molecule has 0 spiro atoms. The van der Waals surface area contributed by atoms with E-state index < -0.39 is 0 Å². The molecular formula is C14H30N2O. The molecule has 2 N–H and O–H groups in total. The Labute approximate surface area is 107 Å². The van der Waals surface area contributed by atoms with Crippen molar-refractivity contribution in [1.29, 1.82) is 0 Å². The molecule has 0 saturated carbocycles. The first-order chi connectivity index (χ1) is 8.22. The Kier molecular flexibility index (Phi) is 6.45. The Morgan fingerprint density at radius 3 is 2.41 bits per heavy atom. The maximum atomic E-state index is 6.11. The number of nitrogens with two attached hydrogens (primary N) is 1. The summed E-state index contributed by atoms with van der Waals surface area (Å²) in [4.78, 5) is 2.64. The van der Waals surface area contributed by atoms with Crippen molar-refractivity contribution in [2.45, 2.75) is 51.5 Å². The van der Waals surface area contributed by atoms with E-state index in [2.05, 4.69) is 18.7 Å². The van der Waals surface area contributed by atoms with Gasteiger partial charge in [0.1, 0.15) is 0 Å². The smallest absolute Gasteiger partial charge is 0.0503 e. The van der Waals surface area contributed by atoms with E-state index in [1.54, 1.807) is 7.11 Å². The summed E-state index contributed by atoms with van der Waals surface area (Å²) >= 11 is 0. The summed E-state index contributed by atoms with van der Waals surface area (Å²) in [7, 11) is 1.80. The molecule has 1 unspecified atom stereocenters. The molecule has 0 aromatic rings. The first kappa shape index (κ1) is 14.9. The monoisotopic (exact) mass is 242 g/mol. The zero-order chi connectivity index (χ0) is 12.7. The maximum Gasteiger partial charge on any atom is 0.0503 e. The van der Waals surface area contributed by atoms with Crippen molar-refractivity contribution in [1.82, 2.24) is 4.90 Å². The molecule has 1 aliphatic heterocycles. The van der Waals surface area contributed by atoms with Gasteiger partial charge >= 0.3 is 0 Å². The minimum absolute atomic E-state index is 0.256. The first-order valence-electron chi connectivity index (χ1n) is 7.16. The van der Waals surface area contributed by atoms with Crippen molar-refractivity contribution in [3.63, 3.8) is 0 Å². The van der Waals surface area contributed by atoms with Gasteiger partial charge in [0.15, 0.2) is 0 Å². The summed E-state index contributed by atoms with van der Waals surface area (Å²) in [5.41, 5.74) is 6.36. The Hall–Kier alpha value is -0.120. The molecule has 1 aliphatic rings. The lowest BCUT2D eigenvalue weighted by molar-refractivity contribution is 0.0863. The highest BCUT2D eigenvalue weighted by Gasteiger charge is 2.38. The van der Waals surface area contributed by atoms with Crippen LogP contribution < -0.4 is 5.73 Å². The Bertz CT molecular complexity index is 202. The summed E-state index contributed by atoms with van der Waals surface area (Å²) in [5.74, 6) is 0.708. The largest absolute Gasteiger partial charge is 0.384 e. The standard InChI is InChI=1S/C14H30N2O/c1-4-7-14(12-15,8-5-2)16-9-6-13(10-16)11-17-3/h13H,4-12,15H2,1-3H3. The second-order valence-electron chi connectivity index (χ2n) is 5.48. The SMILES string of the molecule is CCCC(CN)(CCC)N1CCC(COC)C1. The normalized spacial score (nSPS) is 22.2. The third-order valence-electron chi connectivity index (χ3n) is 4.17. The number of rotatable bonds is 8. The first-order valence-corrected chi connectivity index (χ1v) is 7.16. The molecule has 17 heavy (non-hydrogen) atoms. The summed E-state index contributed by atoms with van der Waals surface area (Å²) < 4.78 is 5.28. The van der Waals surface area contributed by atoms with Crippen LogP contribution in [0.1, 0.15) is 46.0 Å². The highest BCUT2D eigenvalue weighted by atomic mass is 16.5. The average Bonchev–Trinajstić information content (AvgIpc) is 2.78. The van der Waals surface area contributed by atoms with E-state index in [-0.39, 0.29) is 5.54 Å². The van der Waals surface area contributed by atoms with Gasteiger partial charge in [0.25, 0.3) is 0 Å². The molecule has 0 aromatic carbocycles. The molecule has 1 fully saturated rings. The Balaban J connectivity index is 2.63. The van der Waals surface area contributed by atoms with Gasteiger partial charge in [0, 0.05) is 25.7 Å². The zero-order valence-corrected chi connectivity index (χ0v) is 11.9. The van der Waals surface area contributed by atoms with Crippen molar-refractivity contribution in [2.75, 3.05) is 33.4 Å². The van der Waals surface area contributed by atoms with Crippen LogP contribution in [-0.2, 0) is 4.74 Å². The number of nitrogens with zero attached hydrogens (tertiary/aromatic N) is 1. The minimum atomic E-state index is 0.256. The van der Waals surface area contributed by atoms with Crippen molar-refractivity contribution in [3.8, 4) is 0 Å². The topological polar surface area (TPSA) is 38.5 Å². The van der Waals surface area contributed by atoms with E-state index >= 15 is 0 Å². The predicted octanol–water partition coefficient (Wildman–Crippen LogP) is 2.25. The fourth-order valence-electron chi connectivity index (χ4n) is 3.34. The van der Waals surface area contributed by atoms with Crippen LogP contribution in [0.4, 0.5) is 0 Å². The number of methoxy groups -OCH3 is 1. The second-order valence-corrected chi connectivity index (χ2v) is 5.48. The lowest BCUT2D eigenvalue weighted by atomic mass is 9.87. The van der Waals surface area contributed by atoms with Crippen LogP contribution in [0.3, 0.4) is 0 Å². The van der Waals surface area contributed by atoms with Crippen LogP contribution >= 0.6 is 0 Å². The van der Waals surface area contributed by atoms with Gasteiger partial charge in [-0.2, -0.15) is 0 Å². The molecular weight excluding hydrogens is 212 g/mol. The van der Waals surface area contributed by atoms with Crippen molar-refractivity contribution in [3.05, 3.63) is 0 Å². The van der Waals surface area contributed by atoms with Crippen molar-refractivity contribution < 1.29 is 4.74 Å². The lowest BCUT2D eigenvalue weighted by Gasteiger charge is -2.41. The summed E-state index contributed by atoms with van der Waals surface area (Å²) in [6.07, 6.45) is 6.18. The Morgan fingerprint density at radius 1 is 1.29 bits per heavy atom. The van der Waals surface area contributed by atoms with Crippen LogP contribution in [0.5, 0.6) is 0 Å². The number of hydrogen-bond acceptors (Lipinski definition) is 3. The van der Waals surface area contributed by atoms with E-state index in [0.717, 1.165) is 13.2 Å². The van der Waals surface area contributed by atoms with Gasteiger partial charge in [-0.05, 0) is 31.7 Å². The van der Waals surface area contributed by atoms with Gasteiger partial charge in [-0.15, -0.1) is 0 Å². The van der Waals surface area contributed by atoms with Crippen LogP contribution in [0.15, 0.2) is 0 Å². The van der Waals surface area contributed by atoms with E-state index in [1.165, 1.54) is 45.2 Å². The lowest BCUT2D eigenvalue weighted by Crippen LogP contribution is -2.53. The van der Waals surface area contributed by atoms with Crippen molar-refractivity contribution >= 4 is 0 Å². The molecule has 0 aliphatic carbocycles. The van der Waals surface area contributed by atoms with E-state index in [9.17, 15) is 0 Å². The van der Waals surface area contributed by atoms with E-state index in [1.807, 2.05) is 0 Å². The molecule has 1 heterocycles. The maximum absolute atomic E-state index is 6.11. The number of hydrogen-bond donors (Lipinski definition) is 1. The third-order valence-corrected chi connectivity index (χ3v) is 4.17. The third kappa shape index (κ3) is 3.67. The van der Waals surface area contributed by atoms with Crippen LogP contribution in [0.2, 0.25) is 0 Å². The molecule has 0 bridgehead atoms. The fraction of sp³-hybridized carbons (Fsp3) is 1.00. The van der Waals surface area contributed by atoms with Crippen LogP contribution in [-0.4, -0.2) is 43.8 Å². The molecule has 0 radical (unpaired) electrons. The molecule has 102 valence electrons. The van der Waals surface area contributed by atoms with E-state index in [4.69, 9.17) is 10.5 Å². The van der Waals surface area contributed by atoms with Gasteiger partial charge in [0.05, 0.1) is 6.61 Å². The molecule has 3 heteroatoms. The van der Waals surface area contributed by atoms with Crippen LogP contribution in [0, 0.1) is 5.92 Å². The van der Waals surface area contributed by atoms with Gasteiger partial charge in [-0.1, -0.05) is 26.7 Å². The predicted molar refractivity (Wildman–Crippen MR) is 73.2 cm³/mol. The highest BCUT2D eigenvalue weighted by molar-refractivity contribution is 4.95. The summed E-state index contributed by atoms with van der Waals surface area (Å²) in [6.45, 7) is 8.60. The van der Waals surface area contributed by atoms with Gasteiger partial charge in [-0.25, -0.2) is 0 Å².